The summed E-state index contributed by atoms with van der Waals surface area (Å²) in [6.07, 6.45) is 1.60. The van der Waals surface area contributed by atoms with Gasteiger partial charge in [-0.05, 0) is 12.0 Å². The first kappa shape index (κ1) is 11.2. The number of rotatable bonds is 2. The summed E-state index contributed by atoms with van der Waals surface area (Å²) in [4.78, 5) is 17.8. The second-order valence-corrected chi connectivity index (χ2v) is 4.78. The molecule has 1 aromatic rings. The maximum atomic E-state index is 11.5. The van der Waals surface area contributed by atoms with Crippen molar-refractivity contribution >= 4 is 29.0 Å². The number of aromatic nitrogens is 1. The Hall–Kier alpha value is -1.29. The van der Waals surface area contributed by atoms with E-state index in [2.05, 4.69) is 24.1 Å². The van der Waals surface area contributed by atoms with Crippen molar-refractivity contribution in [2.45, 2.75) is 13.8 Å². The molecule has 2 heterocycles. The largest absolute Gasteiger partial charge is 0.345 e. The molecule has 0 aromatic carbocycles. The Morgan fingerprint density at radius 3 is 3.06 bits per heavy atom. The average molecular weight is 240 g/mol. The number of halogens is 1. The van der Waals surface area contributed by atoms with Crippen LogP contribution in [-0.4, -0.2) is 24.0 Å². The molecule has 1 aromatic heterocycles. The number of hydrogen-bond acceptors (Lipinski definition) is 3. The van der Waals surface area contributed by atoms with Gasteiger partial charge in [0.25, 0.3) is 0 Å². The molecule has 0 bridgehead atoms. The fourth-order valence-corrected chi connectivity index (χ4v) is 1.96. The zero-order valence-corrected chi connectivity index (χ0v) is 10.1. The molecule has 0 fully saturated rings. The first-order valence-corrected chi connectivity index (χ1v) is 5.64. The molecule has 16 heavy (non-hydrogen) atoms. The van der Waals surface area contributed by atoms with Crippen molar-refractivity contribution in [1.29, 1.82) is 0 Å². The molecule has 2 rings (SSSR count). The second kappa shape index (κ2) is 4.29. The smallest absolute Gasteiger partial charge is 0.244 e. The van der Waals surface area contributed by atoms with Gasteiger partial charge in [-0.1, -0.05) is 25.4 Å². The number of carbonyl (C=O) groups is 1. The van der Waals surface area contributed by atoms with E-state index in [1.165, 1.54) is 0 Å². The predicted octanol–water partition coefficient (Wildman–Crippen LogP) is 2.15. The number of fused-ring (bicyclic) bond motifs is 1. The van der Waals surface area contributed by atoms with Crippen LogP contribution in [0.15, 0.2) is 12.3 Å². The van der Waals surface area contributed by atoms with Gasteiger partial charge in [-0.25, -0.2) is 4.98 Å². The summed E-state index contributed by atoms with van der Waals surface area (Å²) < 4.78 is 0. The molecule has 0 radical (unpaired) electrons. The number of pyridine rings is 1. The van der Waals surface area contributed by atoms with Crippen LogP contribution in [0.4, 0.5) is 11.5 Å². The molecule has 0 saturated heterocycles. The van der Waals surface area contributed by atoms with Crippen molar-refractivity contribution < 1.29 is 4.79 Å². The van der Waals surface area contributed by atoms with Crippen LogP contribution in [0, 0.1) is 5.92 Å². The maximum Gasteiger partial charge on any atom is 0.244 e. The Balaban J connectivity index is 2.34. The molecule has 1 N–H and O–H groups in total. The molecule has 1 aliphatic rings. The van der Waals surface area contributed by atoms with Crippen molar-refractivity contribution in [2.24, 2.45) is 5.92 Å². The fraction of sp³-hybridized carbons (Fsp3) is 0.455. The monoisotopic (exact) mass is 239 g/mol. The number of nitrogens with one attached hydrogen (secondary N) is 1. The average Bonchev–Trinajstić information content (AvgIpc) is 2.15. The molecule has 5 heteroatoms. The normalized spacial score (nSPS) is 15.0. The number of amides is 1. The highest BCUT2D eigenvalue weighted by molar-refractivity contribution is 6.31. The third kappa shape index (κ3) is 2.27. The van der Waals surface area contributed by atoms with Crippen LogP contribution in [0.5, 0.6) is 0 Å². The SMILES string of the molecule is CC(C)CN1CC(=O)Nc2cc(Cl)cnc21. The molecular weight excluding hydrogens is 226 g/mol. The standard InChI is InChI=1S/C11H14ClN3O/c1-7(2)5-15-6-10(16)14-9-3-8(12)4-13-11(9)15/h3-4,7H,5-6H2,1-2H3,(H,14,16). The van der Waals surface area contributed by atoms with Gasteiger partial charge >= 0.3 is 0 Å². The third-order valence-electron chi connectivity index (χ3n) is 2.33. The van der Waals surface area contributed by atoms with Crippen LogP contribution in [-0.2, 0) is 4.79 Å². The highest BCUT2D eigenvalue weighted by Crippen LogP contribution is 2.29. The topological polar surface area (TPSA) is 45.2 Å². The molecule has 0 atom stereocenters. The summed E-state index contributed by atoms with van der Waals surface area (Å²) in [7, 11) is 0. The Morgan fingerprint density at radius 2 is 2.38 bits per heavy atom. The van der Waals surface area contributed by atoms with Gasteiger partial charge in [-0.3, -0.25) is 4.79 Å². The number of hydrogen-bond donors (Lipinski definition) is 1. The Morgan fingerprint density at radius 1 is 1.62 bits per heavy atom. The highest BCUT2D eigenvalue weighted by atomic mass is 35.5. The van der Waals surface area contributed by atoms with E-state index in [0.29, 0.717) is 23.2 Å². The first-order valence-electron chi connectivity index (χ1n) is 5.26. The maximum absolute atomic E-state index is 11.5. The molecule has 0 saturated carbocycles. The highest BCUT2D eigenvalue weighted by Gasteiger charge is 2.23. The van der Waals surface area contributed by atoms with Crippen LogP contribution in [0.1, 0.15) is 13.8 Å². The second-order valence-electron chi connectivity index (χ2n) is 4.35. The Labute approximate surface area is 99.6 Å². The summed E-state index contributed by atoms with van der Waals surface area (Å²) in [5, 5.41) is 3.31. The van der Waals surface area contributed by atoms with Crippen LogP contribution in [0.25, 0.3) is 0 Å². The Kier molecular flexibility index (Phi) is 3.01. The fourth-order valence-electron chi connectivity index (χ4n) is 1.81. The van der Waals surface area contributed by atoms with E-state index in [-0.39, 0.29) is 5.91 Å². The van der Waals surface area contributed by atoms with Crippen molar-refractivity contribution in [3.05, 3.63) is 17.3 Å². The summed E-state index contributed by atoms with van der Waals surface area (Å²) in [6.45, 7) is 5.40. The van der Waals surface area contributed by atoms with Crippen LogP contribution >= 0.6 is 11.6 Å². The first-order chi connectivity index (χ1) is 7.56. The van der Waals surface area contributed by atoms with Crippen molar-refractivity contribution in [3.63, 3.8) is 0 Å². The predicted molar refractivity (Wildman–Crippen MR) is 64.9 cm³/mol. The van der Waals surface area contributed by atoms with Crippen LogP contribution in [0.2, 0.25) is 5.02 Å². The lowest BCUT2D eigenvalue weighted by atomic mass is 10.2. The summed E-state index contributed by atoms with van der Waals surface area (Å²) in [5.74, 6) is 1.27. The number of nitrogens with zero attached hydrogens (tertiary/aromatic N) is 2. The summed E-state index contributed by atoms with van der Waals surface area (Å²) in [5.41, 5.74) is 0.699. The molecule has 86 valence electrons. The van der Waals surface area contributed by atoms with Gasteiger partial charge in [-0.15, -0.1) is 0 Å². The van der Waals surface area contributed by atoms with Gasteiger partial charge in [0.05, 0.1) is 17.3 Å². The summed E-state index contributed by atoms with van der Waals surface area (Å²) >= 11 is 5.85. The van der Waals surface area contributed by atoms with Gasteiger partial charge in [0.2, 0.25) is 5.91 Å². The Bertz CT molecular complexity index is 420. The zero-order chi connectivity index (χ0) is 11.7. The third-order valence-corrected chi connectivity index (χ3v) is 2.53. The zero-order valence-electron chi connectivity index (χ0n) is 9.33. The number of anilines is 2. The molecule has 0 spiro atoms. The lowest BCUT2D eigenvalue weighted by molar-refractivity contribution is -0.115. The van der Waals surface area contributed by atoms with Gasteiger partial charge in [0.1, 0.15) is 0 Å². The van der Waals surface area contributed by atoms with Crippen molar-refractivity contribution in [3.8, 4) is 0 Å². The minimum absolute atomic E-state index is 0.0165. The minimum atomic E-state index is -0.0165. The van der Waals surface area contributed by atoms with Gasteiger partial charge in [0.15, 0.2) is 5.82 Å². The van der Waals surface area contributed by atoms with E-state index in [1.807, 2.05) is 4.90 Å². The van der Waals surface area contributed by atoms with E-state index < -0.39 is 0 Å². The summed E-state index contributed by atoms with van der Waals surface area (Å²) in [6, 6.07) is 1.73. The lowest BCUT2D eigenvalue weighted by Gasteiger charge is -2.30. The van der Waals surface area contributed by atoms with E-state index in [0.717, 1.165) is 12.4 Å². The molecule has 1 aliphatic heterocycles. The molecule has 4 nitrogen and oxygen atoms in total. The molecule has 0 aliphatic carbocycles. The van der Waals surface area contributed by atoms with Crippen molar-refractivity contribution in [2.75, 3.05) is 23.3 Å². The van der Waals surface area contributed by atoms with Gasteiger partial charge in [0, 0.05) is 12.7 Å². The van der Waals surface area contributed by atoms with E-state index in [4.69, 9.17) is 11.6 Å². The molecule has 1 amide bonds. The minimum Gasteiger partial charge on any atom is -0.345 e. The van der Waals surface area contributed by atoms with E-state index >= 15 is 0 Å². The van der Waals surface area contributed by atoms with Gasteiger partial charge in [-0.2, -0.15) is 0 Å². The number of carbonyl (C=O) groups excluding carboxylic acids is 1. The van der Waals surface area contributed by atoms with E-state index in [1.54, 1.807) is 12.3 Å². The van der Waals surface area contributed by atoms with Crippen LogP contribution in [0.3, 0.4) is 0 Å². The van der Waals surface area contributed by atoms with Crippen molar-refractivity contribution in [1.82, 2.24) is 4.98 Å². The van der Waals surface area contributed by atoms with E-state index in [9.17, 15) is 4.79 Å². The van der Waals surface area contributed by atoms with Crippen LogP contribution < -0.4 is 10.2 Å². The molecule has 0 unspecified atom stereocenters. The quantitative estimate of drug-likeness (QED) is 0.860. The van der Waals surface area contributed by atoms with Gasteiger partial charge < -0.3 is 10.2 Å². The molecular formula is C11H14ClN3O. The lowest BCUT2D eigenvalue weighted by Crippen LogP contribution is -2.40.